The number of halogens is 1. The van der Waals surface area contributed by atoms with Crippen LogP contribution >= 0.6 is 0 Å². The Labute approximate surface area is 122 Å². The second-order valence-electron chi connectivity index (χ2n) is 4.90. The van der Waals surface area contributed by atoms with E-state index in [1.54, 1.807) is 5.01 Å². The molecule has 0 bridgehead atoms. The Morgan fingerprint density at radius 2 is 1.95 bits per heavy atom. The first kappa shape index (κ1) is 15.2. The monoisotopic (exact) mass is 292 g/mol. The Morgan fingerprint density at radius 1 is 1.24 bits per heavy atom. The summed E-state index contributed by atoms with van der Waals surface area (Å²) in [7, 11) is 0. The molecule has 21 heavy (non-hydrogen) atoms. The lowest BCUT2D eigenvalue weighted by Gasteiger charge is -2.26. The van der Waals surface area contributed by atoms with Crippen LogP contribution in [-0.2, 0) is 4.79 Å². The third kappa shape index (κ3) is 4.39. The van der Waals surface area contributed by atoms with E-state index in [1.165, 1.54) is 18.2 Å². The van der Waals surface area contributed by atoms with Crippen LogP contribution in [0.3, 0.4) is 0 Å². The van der Waals surface area contributed by atoms with Gasteiger partial charge in [0.05, 0.1) is 5.56 Å². The van der Waals surface area contributed by atoms with Crippen LogP contribution in [0.2, 0.25) is 0 Å². The Morgan fingerprint density at radius 3 is 2.62 bits per heavy atom. The number of hydrazine groups is 1. The zero-order chi connectivity index (χ0) is 15.2. The Balaban J connectivity index is 2.11. The van der Waals surface area contributed by atoms with Gasteiger partial charge in [0.25, 0.3) is 5.91 Å². The second kappa shape index (κ2) is 6.99. The summed E-state index contributed by atoms with van der Waals surface area (Å²) in [6.45, 7) is 1.51. The first-order chi connectivity index (χ1) is 10.1. The Bertz CT molecular complexity index is 566. The van der Waals surface area contributed by atoms with Crippen LogP contribution in [0.25, 0.3) is 6.08 Å². The quantitative estimate of drug-likeness (QED) is 0.833. The van der Waals surface area contributed by atoms with E-state index in [0.717, 1.165) is 44.5 Å². The van der Waals surface area contributed by atoms with Gasteiger partial charge in [-0.2, -0.15) is 0 Å². The fourth-order valence-corrected chi connectivity index (χ4v) is 2.20. The number of piperidine rings is 1. The molecule has 1 amide bonds. The molecule has 1 saturated heterocycles. The van der Waals surface area contributed by atoms with Gasteiger partial charge >= 0.3 is 5.97 Å². The van der Waals surface area contributed by atoms with Gasteiger partial charge in [0.2, 0.25) is 0 Å². The number of rotatable bonds is 4. The van der Waals surface area contributed by atoms with Crippen LogP contribution in [-0.4, -0.2) is 35.1 Å². The van der Waals surface area contributed by atoms with Crippen molar-refractivity contribution in [2.75, 3.05) is 13.1 Å². The molecule has 0 radical (unpaired) electrons. The summed E-state index contributed by atoms with van der Waals surface area (Å²) < 4.78 is 13.8. The van der Waals surface area contributed by atoms with Gasteiger partial charge in [-0.3, -0.25) is 10.2 Å². The van der Waals surface area contributed by atoms with Crippen LogP contribution < -0.4 is 5.43 Å². The lowest BCUT2D eigenvalue weighted by molar-refractivity contribution is -0.131. The molecule has 1 heterocycles. The molecule has 1 fully saturated rings. The number of carbonyl (C=O) groups is 2. The summed E-state index contributed by atoms with van der Waals surface area (Å²) in [6.07, 6.45) is 5.41. The van der Waals surface area contributed by atoms with Crippen LogP contribution in [0.1, 0.15) is 35.2 Å². The third-order valence-corrected chi connectivity index (χ3v) is 3.27. The highest BCUT2D eigenvalue weighted by Gasteiger charge is 2.17. The lowest BCUT2D eigenvalue weighted by Crippen LogP contribution is -2.45. The molecule has 112 valence electrons. The smallest absolute Gasteiger partial charge is 0.328 e. The molecule has 0 saturated carbocycles. The van der Waals surface area contributed by atoms with Crippen molar-refractivity contribution < 1.29 is 19.1 Å². The normalized spacial score (nSPS) is 16.0. The van der Waals surface area contributed by atoms with E-state index in [9.17, 15) is 14.0 Å². The van der Waals surface area contributed by atoms with Gasteiger partial charge in [0, 0.05) is 19.2 Å². The maximum Gasteiger partial charge on any atom is 0.328 e. The van der Waals surface area contributed by atoms with Crippen LogP contribution in [0.4, 0.5) is 4.39 Å². The highest BCUT2D eigenvalue weighted by Crippen LogP contribution is 2.13. The highest BCUT2D eigenvalue weighted by molar-refractivity contribution is 5.95. The molecule has 6 heteroatoms. The van der Waals surface area contributed by atoms with E-state index < -0.39 is 17.7 Å². The number of nitrogens with zero attached hydrogens (tertiary/aromatic N) is 1. The summed E-state index contributed by atoms with van der Waals surface area (Å²) in [5, 5.41) is 10.4. The molecule has 1 aliphatic heterocycles. The van der Waals surface area contributed by atoms with Crippen molar-refractivity contribution in [3.8, 4) is 0 Å². The predicted octanol–water partition coefficient (Wildman–Crippen LogP) is 2.05. The number of amides is 1. The number of carboxylic acids is 1. The van der Waals surface area contributed by atoms with E-state index in [2.05, 4.69) is 5.43 Å². The maximum absolute atomic E-state index is 13.8. The molecule has 1 aromatic carbocycles. The molecule has 0 spiro atoms. The minimum absolute atomic E-state index is 0.0897. The predicted molar refractivity (Wildman–Crippen MR) is 76.0 cm³/mol. The van der Waals surface area contributed by atoms with Crippen LogP contribution in [0.15, 0.2) is 24.3 Å². The second-order valence-corrected chi connectivity index (χ2v) is 4.90. The molecule has 0 unspecified atom stereocenters. The van der Waals surface area contributed by atoms with E-state index in [0.29, 0.717) is 5.56 Å². The average molecular weight is 292 g/mol. The summed E-state index contributed by atoms with van der Waals surface area (Å²) in [5.74, 6) is -2.24. The topological polar surface area (TPSA) is 69.6 Å². The molecule has 5 nitrogen and oxygen atoms in total. The molecule has 0 aliphatic carbocycles. The summed E-state index contributed by atoms with van der Waals surface area (Å²) >= 11 is 0. The molecule has 0 aromatic heterocycles. The summed E-state index contributed by atoms with van der Waals surface area (Å²) in [6, 6.07) is 3.92. The Kier molecular flexibility index (Phi) is 5.05. The first-order valence-corrected chi connectivity index (χ1v) is 6.83. The van der Waals surface area contributed by atoms with E-state index in [1.807, 2.05) is 0 Å². The van der Waals surface area contributed by atoms with Crippen molar-refractivity contribution in [3.63, 3.8) is 0 Å². The molecule has 2 rings (SSSR count). The molecule has 0 atom stereocenters. The fraction of sp³-hybridized carbons (Fsp3) is 0.333. The van der Waals surface area contributed by atoms with Gasteiger partial charge in [0.1, 0.15) is 5.82 Å². The maximum atomic E-state index is 13.8. The standard InChI is InChI=1S/C15H17FN2O3/c16-13-6-4-11(5-7-14(19)20)10-12(13)15(21)17-18-8-2-1-3-9-18/h4-7,10H,1-3,8-9H2,(H,17,21)(H,19,20)/b7-5+. The van der Waals surface area contributed by atoms with Crippen LogP contribution in [0.5, 0.6) is 0 Å². The number of carbonyl (C=O) groups excluding carboxylic acids is 1. The minimum atomic E-state index is -1.10. The van der Waals surface area contributed by atoms with Crippen LogP contribution in [0, 0.1) is 5.82 Å². The number of benzene rings is 1. The highest BCUT2D eigenvalue weighted by atomic mass is 19.1. The van der Waals surface area contributed by atoms with Gasteiger partial charge in [0.15, 0.2) is 0 Å². The van der Waals surface area contributed by atoms with E-state index in [-0.39, 0.29) is 5.56 Å². The zero-order valence-corrected chi connectivity index (χ0v) is 11.5. The third-order valence-electron chi connectivity index (χ3n) is 3.27. The first-order valence-electron chi connectivity index (χ1n) is 6.83. The van der Waals surface area contributed by atoms with Gasteiger partial charge in [-0.1, -0.05) is 12.5 Å². The van der Waals surface area contributed by atoms with Crippen molar-refractivity contribution in [3.05, 3.63) is 41.2 Å². The number of hydrogen-bond acceptors (Lipinski definition) is 3. The number of nitrogens with one attached hydrogen (secondary N) is 1. The minimum Gasteiger partial charge on any atom is -0.478 e. The van der Waals surface area contributed by atoms with Gasteiger partial charge < -0.3 is 5.11 Å². The van der Waals surface area contributed by atoms with Crippen molar-refractivity contribution in [1.29, 1.82) is 0 Å². The molecular weight excluding hydrogens is 275 g/mol. The Hall–Kier alpha value is -2.21. The van der Waals surface area contributed by atoms with Crippen molar-refractivity contribution in [2.24, 2.45) is 0 Å². The van der Waals surface area contributed by atoms with E-state index >= 15 is 0 Å². The molecule has 2 N–H and O–H groups in total. The molecular formula is C15H17FN2O3. The SMILES string of the molecule is O=C(O)/C=C/c1ccc(F)c(C(=O)NN2CCCCC2)c1. The molecule has 1 aromatic rings. The summed E-state index contributed by atoms with van der Waals surface area (Å²) in [5.41, 5.74) is 3.05. The lowest BCUT2D eigenvalue weighted by atomic mass is 10.1. The average Bonchev–Trinajstić information content (AvgIpc) is 2.47. The van der Waals surface area contributed by atoms with Crippen molar-refractivity contribution in [2.45, 2.75) is 19.3 Å². The fourth-order valence-electron chi connectivity index (χ4n) is 2.20. The van der Waals surface area contributed by atoms with E-state index in [4.69, 9.17) is 5.11 Å². The van der Waals surface area contributed by atoms with Crippen molar-refractivity contribution >= 4 is 18.0 Å². The largest absolute Gasteiger partial charge is 0.478 e. The summed E-state index contributed by atoms with van der Waals surface area (Å²) in [4.78, 5) is 22.6. The van der Waals surface area contributed by atoms with Gasteiger partial charge in [-0.15, -0.1) is 0 Å². The van der Waals surface area contributed by atoms with Gasteiger partial charge in [-0.25, -0.2) is 14.2 Å². The zero-order valence-electron chi connectivity index (χ0n) is 11.5. The number of carboxylic acid groups (broad SMARTS) is 1. The molecule has 1 aliphatic rings. The van der Waals surface area contributed by atoms with Crippen molar-refractivity contribution in [1.82, 2.24) is 10.4 Å². The van der Waals surface area contributed by atoms with Gasteiger partial charge in [-0.05, 0) is 36.6 Å². The number of hydrogen-bond donors (Lipinski definition) is 2. The number of aliphatic carboxylic acids is 1.